The van der Waals surface area contributed by atoms with Gasteiger partial charge in [0.2, 0.25) is 0 Å². The molecule has 0 aliphatic carbocycles. The molecule has 2 rings (SSSR count). The van der Waals surface area contributed by atoms with E-state index in [-0.39, 0.29) is 0 Å². The van der Waals surface area contributed by atoms with Crippen LogP contribution in [0, 0.1) is 0 Å². The summed E-state index contributed by atoms with van der Waals surface area (Å²) in [6.07, 6.45) is 5.28. The molecule has 28 heavy (non-hydrogen) atoms. The molecular formula is C20H29NO7. The number of nitrogens with zero attached hydrogens (tertiary/aromatic N) is 1. The summed E-state index contributed by atoms with van der Waals surface area (Å²) in [6.45, 7) is 9.14. The van der Waals surface area contributed by atoms with Crippen LogP contribution < -0.4 is 9.47 Å². The lowest BCUT2D eigenvalue weighted by Gasteiger charge is -2.16. The highest BCUT2D eigenvalue weighted by molar-refractivity contribution is 6.27. The SMILES string of the molecule is C=CCc1cccc(OC)c1OCCOCCN1CCCC1.O=C(O)C(=O)O. The van der Waals surface area contributed by atoms with Gasteiger partial charge in [0.25, 0.3) is 0 Å². The minimum absolute atomic E-state index is 0.532. The van der Waals surface area contributed by atoms with Crippen LogP contribution in [0.25, 0.3) is 0 Å². The van der Waals surface area contributed by atoms with E-state index in [1.165, 1.54) is 25.9 Å². The fraction of sp³-hybridized carbons (Fsp3) is 0.500. The van der Waals surface area contributed by atoms with Gasteiger partial charge in [-0.05, 0) is 38.4 Å². The molecule has 0 unspecified atom stereocenters. The Morgan fingerprint density at radius 3 is 2.39 bits per heavy atom. The van der Waals surface area contributed by atoms with E-state index in [4.69, 9.17) is 34.0 Å². The van der Waals surface area contributed by atoms with Crippen LogP contribution in [-0.2, 0) is 20.7 Å². The van der Waals surface area contributed by atoms with E-state index >= 15 is 0 Å². The van der Waals surface area contributed by atoms with E-state index in [1.54, 1.807) is 7.11 Å². The van der Waals surface area contributed by atoms with Crippen LogP contribution in [0.15, 0.2) is 30.9 Å². The summed E-state index contributed by atoms with van der Waals surface area (Å²) in [5.41, 5.74) is 1.09. The second kappa shape index (κ2) is 13.6. The second-order valence-electron chi connectivity index (χ2n) is 6.06. The number of hydrogen-bond donors (Lipinski definition) is 2. The van der Waals surface area contributed by atoms with E-state index < -0.39 is 11.9 Å². The molecule has 1 aromatic carbocycles. The lowest BCUT2D eigenvalue weighted by molar-refractivity contribution is -0.159. The molecule has 0 radical (unpaired) electrons. The highest BCUT2D eigenvalue weighted by Crippen LogP contribution is 2.31. The molecule has 1 aliphatic heterocycles. The molecule has 8 heteroatoms. The number of rotatable bonds is 10. The fourth-order valence-corrected chi connectivity index (χ4v) is 2.71. The zero-order chi connectivity index (χ0) is 20.8. The summed E-state index contributed by atoms with van der Waals surface area (Å²) >= 11 is 0. The van der Waals surface area contributed by atoms with Crippen molar-refractivity contribution in [2.45, 2.75) is 19.3 Å². The molecule has 1 saturated heterocycles. The zero-order valence-corrected chi connectivity index (χ0v) is 16.3. The lowest BCUT2D eigenvalue weighted by Crippen LogP contribution is -2.24. The molecule has 0 bridgehead atoms. The first kappa shape index (κ1) is 23.5. The summed E-state index contributed by atoms with van der Waals surface area (Å²) in [5.74, 6) is -2.09. The number of hydrogen-bond acceptors (Lipinski definition) is 6. The summed E-state index contributed by atoms with van der Waals surface area (Å²) in [4.78, 5) is 20.6. The molecule has 156 valence electrons. The van der Waals surface area contributed by atoms with Gasteiger partial charge < -0.3 is 29.3 Å². The van der Waals surface area contributed by atoms with Crippen LogP contribution in [0.4, 0.5) is 0 Å². The van der Waals surface area contributed by atoms with Crippen molar-refractivity contribution in [3.8, 4) is 11.5 Å². The maximum absolute atomic E-state index is 9.10. The smallest absolute Gasteiger partial charge is 0.414 e. The molecule has 0 atom stereocenters. The summed E-state index contributed by atoms with van der Waals surface area (Å²) < 4.78 is 16.9. The van der Waals surface area contributed by atoms with E-state index in [0.29, 0.717) is 13.2 Å². The Bertz CT molecular complexity index is 615. The van der Waals surface area contributed by atoms with Crippen molar-refractivity contribution in [3.63, 3.8) is 0 Å². The monoisotopic (exact) mass is 395 g/mol. The molecule has 0 aromatic heterocycles. The third-order valence-electron chi connectivity index (χ3n) is 4.05. The Labute approximate surface area is 165 Å². The average molecular weight is 395 g/mol. The summed E-state index contributed by atoms with van der Waals surface area (Å²) in [7, 11) is 1.66. The molecule has 1 aliphatic rings. The lowest BCUT2D eigenvalue weighted by atomic mass is 10.1. The van der Waals surface area contributed by atoms with Gasteiger partial charge in [0.15, 0.2) is 11.5 Å². The first-order valence-corrected chi connectivity index (χ1v) is 9.15. The number of carbonyl (C=O) groups is 2. The molecule has 0 spiro atoms. The van der Waals surface area contributed by atoms with Gasteiger partial charge in [-0.1, -0.05) is 18.2 Å². The number of ether oxygens (including phenoxy) is 3. The van der Waals surface area contributed by atoms with E-state index in [1.807, 2.05) is 24.3 Å². The topological polar surface area (TPSA) is 106 Å². The van der Waals surface area contributed by atoms with Gasteiger partial charge in [-0.25, -0.2) is 9.59 Å². The molecule has 0 saturated carbocycles. The predicted molar refractivity (Wildman–Crippen MR) is 104 cm³/mol. The van der Waals surface area contributed by atoms with Crippen molar-refractivity contribution in [3.05, 3.63) is 36.4 Å². The van der Waals surface area contributed by atoms with Crippen LogP contribution in [-0.4, -0.2) is 73.6 Å². The Hall–Kier alpha value is -2.58. The molecule has 1 heterocycles. The van der Waals surface area contributed by atoms with Crippen molar-refractivity contribution >= 4 is 11.9 Å². The molecule has 8 nitrogen and oxygen atoms in total. The predicted octanol–water partition coefficient (Wildman–Crippen LogP) is 2.07. The number of carboxylic acid groups (broad SMARTS) is 2. The minimum Gasteiger partial charge on any atom is -0.493 e. The van der Waals surface area contributed by atoms with Crippen LogP contribution in [0.3, 0.4) is 0 Å². The summed E-state index contributed by atoms with van der Waals surface area (Å²) in [5, 5.41) is 14.8. The third kappa shape index (κ3) is 8.88. The molecule has 1 fully saturated rings. The number of para-hydroxylation sites is 1. The van der Waals surface area contributed by atoms with Crippen molar-refractivity contribution in [2.24, 2.45) is 0 Å². The molecule has 1 aromatic rings. The number of allylic oxidation sites excluding steroid dienone is 1. The Morgan fingerprint density at radius 2 is 1.82 bits per heavy atom. The van der Waals surface area contributed by atoms with E-state index in [0.717, 1.165) is 36.6 Å². The zero-order valence-electron chi connectivity index (χ0n) is 16.3. The maximum atomic E-state index is 9.10. The molecule has 2 N–H and O–H groups in total. The molecular weight excluding hydrogens is 366 g/mol. The van der Waals surface area contributed by atoms with Crippen molar-refractivity contribution < 1.29 is 34.0 Å². The Kier molecular flexibility index (Phi) is 11.4. The Morgan fingerprint density at radius 1 is 1.14 bits per heavy atom. The van der Waals surface area contributed by atoms with Gasteiger partial charge in [0.05, 0.1) is 20.3 Å². The first-order valence-electron chi connectivity index (χ1n) is 9.15. The number of carboxylic acids is 2. The van der Waals surface area contributed by atoms with E-state index in [2.05, 4.69) is 11.5 Å². The fourth-order valence-electron chi connectivity index (χ4n) is 2.71. The normalized spacial score (nSPS) is 13.3. The van der Waals surface area contributed by atoms with Crippen LogP contribution in [0.5, 0.6) is 11.5 Å². The maximum Gasteiger partial charge on any atom is 0.414 e. The van der Waals surface area contributed by atoms with Crippen LogP contribution >= 0.6 is 0 Å². The first-order chi connectivity index (χ1) is 13.5. The minimum atomic E-state index is -1.82. The van der Waals surface area contributed by atoms with Crippen molar-refractivity contribution in [1.29, 1.82) is 0 Å². The quantitative estimate of drug-likeness (QED) is 0.352. The largest absolute Gasteiger partial charge is 0.493 e. The highest BCUT2D eigenvalue weighted by atomic mass is 16.5. The van der Waals surface area contributed by atoms with Crippen molar-refractivity contribution in [2.75, 3.05) is 46.6 Å². The third-order valence-corrected chi connectivity index (χ3v) is 4.05. The van der Waals surface area contributed by atoms with E-state index in [9.17, 15) is 0 Å². The standard InChI is InChI=1S/C18H27NO3.C2H2O4/c1-3-7-16-8-6-9-17(20-2)18(16)22-15-14-21-13-12-19-10-4-5-11-19;3-1(4)2(5)6/h3,6,8-9H,1,4-5,7,10-15H2,2H3;(H,3,4)(H,5,6). The second-order valence-corrected chi connectivity index (χ2v) is 6.06. The number of benzene rings is 1. The van der Waals surface area contributed by atoms with Crippen LogP contribution in [0.2, 0.25) is 0 Å². The number of methoxy groups -OCH3 is 1. The van der Waals surface area contributed by atoms with Gasteiger partial charge in [-0.3, -0.25) is 0 Å². The highest BCUT2D eigenvalue weighted by Gasteiger charge is 2.11. The summed E-state index contributed by atoms with van der Waals surface area (Å²) in [6, 6.07) is 5.92. The van der Waals surface area contributed by atoms with Crippen LogP contribution in [0.1, 0.15) is 18.4 Å². The van der Waals surface area contributed by atoms with Gasteiger partial charge in [0, 0.05) is 12.1 Å². The molecule has 0 amide bonds. The Balaban J connectivity index is 0.000000568. The van der Waals surface area contributed by atoms with Gasteiger partial charge in [0.1, 0.15) is 6.61 Å². The average Bonchev–Trinajstić information content (AvgIpc) is 3.19. The number of aliphatic carboxylic acids is 2. The van der Waals surface area contributed by atoms with Gasteiger partial charge in [-0.2, -0.15) is 0 Å². The van der Waals surface area contributed by atoms with Gasteiger partial charge in [-0.15, -0.1) is 6.58 Å². The van der Waals surface area contributed by atoms with Gasteiger partial charge >= 0.3 is 11.9 Å². The van der Waals surface area contributed by atoms with Crippen molar-refractivity contribution in [1.82, 2.24) is 4.90 Å². The number of likely N-dealkylation sites (tertiary alicyclic amines) is 1.